The first-order chi connectivity index (χ1) is 13.3. The lowest BCUT2D eigenvalue weighted by molar-refractivity contribution is 0.127. The minimum Gasteiger partial charge on any atom is -0.490 e. The van der Waals surface area contributed by atoms with E-state index < -0.39 is 0 Å². The van der Waals surface area contributed by atoms with Crippen LogP contribution in [-0.2, 0) is 11.3 Å². The summed E-state index contributed by atoms with van der Waals surface area (Å²) in [6.45, 7) is 7.00. The maximum Gasteiger partial charge on any atom is 0.191 e. The van der Waals surface area contributed by atoms with Gasteiger partial charge < -0.3 is 30.0 Å². The number of ether oxygens (including phenoxy) is 3. The number of aliphatic imine (C=N–C) groups is 1. The number of guanidine groups is 1. The number of hydrogen-bond donors (Lipinski definition) is 3. The molecule has 1 atom stereocenters. The van der Waals surface area contributed by atoms with Gasteiger partial charge in [-0.15, -0.1) is 0 Å². The van der Waals surface area contributed by atoms with Crippen LogP contribution < -0.4 is 20.1 Å². The Hall–Kier alpha value is -1.99. The summed E-state index contributed by atoms with van der Waals surface area (Å²) < 4.78 is 17.2. The standard InChI is InChI=1S/C20H31N3O4/c1-2-21-19(23-14-20(7-9-24)8-12-25-15-20)22-13-16-5-3-6-17-18(16)27-11-4-10-26-17/h3,5-6,24H,2,4,7-15H2,1H3,(H2,21,22,23). The summed E-state index contributed by atoms with van der Waals surface area (Å²) in [7, 11) is 0. The highest BCUT2D eigenvalue weighted by molar-refractivity contribution is 5.79. The van der Waals surface area contributed by atoms with Gasteiger partial charge in [0.05, 0.1) is 26.4 Å². The molecule has 3 rings (SSSR count). The number of fused-ring (bicyclic) bond motifs is 1. The van der Waals surface area contributed by atoms with Crippen LogP contribution in [0.1, 0.15) is 31.7 Å². The Bertz CT molecular complexity index is 630. The number of benzene rings is 1. The fraction of sp³-hybridized carbons (Fsp3) is 0.650. The molecule has 0 aliphatic carbocycles. The summed E-state index contributed by atoms with van der Waals surface area (Å²) in [6, 6.07) is 5.94. The zero-order valence-corrected chi connectivity index (χ0v) is 16.1. The molecule has 0 spiro atoms. The quantitative estimate of drug-likeness (QED) is 0.495. The van der Waals surface area contributed by atoms with E-state index in [2.05, 4.69) is 10.6 Å². The second-order valence-corrected chi connectivity index (χ2v) is 7.12. The lowest BCUT2D eigenvalue weighted by atomic mass is 9.84. The third kappa shape index (κ3) is 5.26. The molecule has 27 heavy (non-hydrogen) atoms. The molecule has 7 heteroatoms. The van der Waals surface area contributed by atoms with Crippen molar-refractivity contribution in [2.75, 3.05) is 46.1 Å². The number of rotatable bonds is 7. The number of aliphatic hydroxyl groups excluding tert-OH is 1. The molecule has 7 nitrogen and oxygen atoms in total. The largest absolute Gasteiger partial charge is 0.490 e. The molecule has 0 aromatic heterocycles. The van der Waals surface area contributed by atoms with Gasteiger partial charge in [0.2, 0.25) is 0 Å². The smallest absolute Gasteiger partial charge is 0.191 e. The van der Waals surface area contributed by atoms with Gasteiger partial charge in [-0.1, -0.05) is 12.1 Å². The molecule has 1 aromatic carbocycles. The second-order valence-electron chi connectivity index (χ2n) is 7.12. The van der Waals surface area contributed by atoms with Gasteiger partial charge in [0.25, 0.3) is 0 Å². The van der Waals surface area contributed by atoms with Crippen LogP contribution in [0.15, 0.2) is 23.2 Å². The normalized spacial score (nSPS) is 22.4. The molecule has 1 aromatic rings. The van der Waals surface area contributed by atoms with Crippen molar-refractivity contribution in [1.82, 2.24) is 10.6 Å². The molecule has 1 saturated heterocycles. The summed E-state index contributed by atoms with van der Waals surface area (Å²) in [6.07, 6.45) is 2.57. The Kier molecular flexibility index (Phi) is 7.18. The summed E-state index contributed by atoms with van der Waals surface area (Å²) in [5, 5.41) is 16.1. The predicted molar refractivity (Wildman–Crippen MR) is 104 cm³/mol. The Morgan fingerprint density at radius 3 is 2.89 bits per heavy atom. The third-order valence-corrected chi connectivity index (χ3v) is 5.06. The number of para-hydroxylation sites is 1. The van der Waals surface area contributed by atoms with Gasteiger partial charge >= 0.3 is 0 Å². The van der Waals surface area contributed by atoms with Crippen LogP contribution in [0, 0.1) is 5.41 Å². The highest BCUT2D eigenvalue weighted by atomic mass is 16.5. The SMILES string of the molecule is CCNC(=NCc1cccc2c1OCCCO2)NCC1(CCO)CCOC1. The molecule has 0 amide bonds. The Balaban J connectivity index is 1.67. The van der Waals surface area contributed by atoms with Gasteiger partial charge in [-0.05, 0) is 25.8 Å². The zero-order chi connectivity index (χ0) is 19.0. The molecular formula is C20H31N3O4. The van der Waals surface area contributed by atoms with E-state index in [1.807, 2.05) is 25.1 Å². The second kappa shape index (κ2) is 9.80. The Morgan fingerprint density at radius 2 is 2.11 bits per heavy atom. The first kappa shape index (κ1) is 19.8. The zero-order valence-electron chi connectivity index (χ0n) is 16.1. The van der Waals surface area contributed by atoms with Crippen molar-refractivity contribution < 1.29 is 19.3 Å². The van der Waals surface area contributed by atoms with Gasteiger partial charge in [0, 0.05) is 43.7 Å². The maximum atomic E-state index is 9.39. The van der Waals surface area contributed by atoms with Crippen LogP contribution in [0.25, 0.3) is 0 Å². The van der Waals surface area contributed by atoms with Crippen molar-refractivity contribution in [2.24, 2.45) is 10.4 Å². The van der Waals surface area contributed by atoms with Crippen molar-refractivity contribution in [1.29, 1.82) is 0 Å². The van der Waals surface area contributed by atoms with E-state index in [1.54, 1.807) is 0 Å². The van der Waals surface area contributed by atoms with Gasteiger partial charge in [-0.3, -0.25) is 0 Å². The fourth-order valence-electron chi connectivity index (χ4n) is 3.47. The van der Waals surface area contributed by atoms with E-state index in [1.165, 1.54) is 0 Å². The minimum absolute atomic E-state index is 0.0221. The summed E-state index contributed by atoms with van der Waals surface area (Å²) in [5.41, 5.74) is 0.993. The van der Waals surface area contributed by atoms with E-state index in [0.717, 1.165) is 62.0 Å². The van der Waals surface area contributed by atoms with Gasteiger partial charge in [-0.25, -0.2) is 4.99 Å². The van der Waals surface area contributed by atoms with Gasteiger partial charge in [0.15, 0.2) is 17.5 Å². The topological polar surface area (TPSA) is 84.3 Å². The lowest BCUT2D eigenvalue weighted by Gasteiger charge is -2.27. The Morgan fingerprint density at radius 1 is 1.22 bits per heavy atom. The molecule has 1 fully saturated rings. The van der Waals surface area contributed by atoms with Crippen molar-refractivity contribution in [2.45, 2.75) is 32.7 Å². The van der Waals surface area contributed by atoms with Crippen LogP contribution >= 0.6 is 0 Å². The molecule has 1 unspecified atom stereocenters. The summed E-state index contributed by atoms with van der Waals surface area (Å²) in [5.74, 6) is 2.35. The molecule has 2 aliphatic rings. The van der Waals surface area contributed by atoms with E-state index in [9.17, 15) is 5.11 Å². The number of nitrogens with one attached hydrogen (secondary N) is 2. The summed E-state index contributed by atoms with van der Waals surface area (Å²) >= 11 is 0. The van der Waals surface area contributed by atoms with Gasteiger partial charge in [-0.2, -0.15) is 0 Å². The number of nitrogens with zero attached hydrogens (tertiary/aromatic N) is 1. The van der Waals surface area contributed by atoms with Crippen LogP contribution in [-0.4, -0.2) is 57.2 Å². The van der Waals surface area contributed by atoms with E-state index in [4.69, 9.17) is 19.2 Å². The minimum atomic E-state index is -0.0221. The van der Waals surface area contributed by atoms with Crippen molar-refractivity contribution >= 4 is 5.96 Å². The average Bonchev–Trinajstić information content (AvgIpc) is 3.00. The van der Waals surface area contributed by atoms with E-state index in [0.29, 0.717) is 26.4 Å². The highest BCUT2D eigenvalue weighted by Crippen LogP contribution is 2.34. The average molecular weight is 377 g/mol. The molecule has 0 radical (unpaired) electrons. The molecule has 2 aliphatic heterocycles. The van der Waals surface area contributed by atoms with Crippen LogP contribution in [0.5, 0.6) is 11.5 Å². The number of aliphatic hydroxyl groups is 1. The van der Waals surface area contributed by atoms with Crippen LogP contribution in [0.2, 0.25) is 0 Å². The lowest BCUT2D eigenvalue weighted by Crippen LogP contribution is -2.44. The van der Waals surface area contributed by atoms with E-state index in [-0.39, 0.29) is 12.0 Å². The summed E-state index contributed by atoms with van der Waals surface area (Å²) in [4.78, 5) is 4.73. The third-order valence-electron chi connectivity index (χ3n) is 5.06. The molecule has 3 N–H and O–H groups in total. The van der Waals surface area contributed by atoms with E-state index >= 15 is 0 Å². The fourth-order valence-corrected chi connectivity index (χ4v) is 3.47. The molecule has 0 saturated carbocycles. The number of hydrogen-bond acceptors (Lipinski definition) is 5. The Labute approximate surface area is 161 Å². The van der Waals surface area contributed by atoms with Crippen LogP contribution in [0.3, 0.4) is 0 Å². The van der Waals surface area contributed by atoms with Crippen molar-refractivity contribution in [3.05, 3.63) is 23.8 Å². The molecular weight excluding hydrogens is 346 g/mol. The highest BCUT2D eigenvalue weighted by Gasteiger charge is 2.34. The van der Waals surface area contributed by atoms with Gasteiger partial charge in [0.1, 0.15) is 0 Å². The predicted octanol–water partition coefficient (Wildman–Crippen LogP) is 1.69. The first-order valence-electron chi connectivity index (χ1n) is 9.85. The first-order valence-corrected chi connectivity index (χ1v) is 9.85. The van der Waals surface area contributed by atoms with Crippen LogP contribution in [0.4, 0.5) is 0 Å². The maximum absolute atomic E-state index is 9.39. The molecule has 150 valence electrons. The molecule has 0 bridgehead atoms. The van der Waals surface area contributed by atoms with Crippen molar-refractivity contribution in [3.8, 4) is 11.5 Å². The van der Waals surface area contributed by atoms with Crippen molar-refractivity contribution in [3.63, 3.8) is 0 Å². The molecule has 2 heterocycles. The monoisotopic (exact) mass is 377 g/mol.